The van der Waals surface area contributed by atoms with Crippen LogP contribution in [0.15, 0.2) is 63.5 Å². The SMILES string of the molecule is O=c1c2ccccc2nc(SCC2=NCCN2)n1-c1ccc(Cl)cc1. The molecule has 0 saturated carbocycles. The highest BCUT2D eigenvalue weighted by Gasteiger charge is 2.15. The van der Waals surface area contributed by atoms with E-state index in [9.17, 15) is 4.79 Å². The number of hydrogen-bond donors (Lipinski definition) is 1. The third kappa shape index (κ3) is 3.27. The quantitative estimate of drug-likeness (QED) is 0.566. The number of fused-ring (bicyclic) bond motifs is 1. The first-order chi connectivity index (χ1) is 12.2. The van der Waals surface area contributed by atoms with E-state index in [0.29, 0.717) is 26.8 Å². The van der Waals surface area contributed by atoms with Gasteiger partial charge in [0.25, 0.3) is 5.56 Å². The number of para-hydroxylation sites is 1. The highest BCUT2D eigenvalue weighted by molar-refractivity contribution is 7.99. The van der Waals surface area contributed by atoms with Gasteiger partial charge in [0, 0.05) is 11.6 Å². The molecule has 2 heterocycles. The molecular formula is C18H15ClN4OS. The van der Waals surface area contributed by atoms with Crippen molar-refractivity contribution in [3.8, 4) is 5.69 Å². The molecule has 0 atom stereocenters. The lowest BCUT2D eigenvalue weighted by atomic mass is 10.2. The van der Waals surface area contributed by atoms with Gasteiger partial charge in [0.2, 0.25) is 0 Å². The van der Waals surface area contributed by atoms with Gasteiger partial charge in [0.05, 0.1) is 28.9 Å². The zero-order valence-electron chi connectivity index (χ0n) is 13.3. The Kier molecular flexibility index (Phi) is 4.46. The molecule has 0 bridgehead atoms. The Bertz CT molecular complexity index is 1010. The predicted octanol–water partition coefficient (Wildman–Crippen LogP) is 3.13. The Morgan fingerprint density at radius 1 is 1.16 bits per heavy atom. The van der Waals surface area contributed by atoms with E-state index in [-0.39, 0.29) is 5.56 Å². The molecule has 25 heavy (non-hydrogen) atoms. The zero-order valence-corrected chi connectivity index (χ0v) is 14.8. The first kappa shape index (κ1) is 16.2. The van der Waals surface area contributed by atoms with Crippen molar-refractivity contribution in [1.82, 2.24) is 14.9 Å². The van der Waals surface area contributed by atoms with E-state index in [4.69, 9.17) is 16.6 Å². The van der Waals surface area contributed by atoms with Gasteiger partial charge in [-0.05, 0) is 36.4 Å². The molecule has 0 radical (unpaired) electrons. The van der Waals surface area contributed by atoms with Gasteiger partial charge >= 0.3 is 0 Å². The molecule has 0 fully saturated rings. The molecule has 0 aliphatic carbocycles. The summed E-state index contributed by atoms with van der Waals surface area (Å²) in [4.78, 5) is 22.2. The standard InChI is InChI=1S/C18H15ClN4OS/c19-12-5-7-13(8-6-12)23-17(24)14-3-1-2-4-15(14)22-18(23)25-11-16-20-9-10-21-16/h1-8H,9-11H2,(H,20,21). The summed E-state index contributed by atoms with van der Waals surface area (Å²) in [5.41, 5.74) is 1.36. The summed E-state index contributed by atoms with van der Waals surface area (Å²) in [7, 11) is 0. The number of thioether (sulfide) groups is 1. The molecule has 1 aliphatic rings. The van der Waals surface area contributed by atoms with E-state index < -0.39 is 0 Å². The monoisotopic (exact) mass is 370 g/mol. The molecule has 7 heteroatoms. The lowest BCUT2D eigenvalue weighted by molar-refractivity contribution is 0.821. The molecular weight excluding hydrogens is 356 g/mol. The number of amidine groups is 1. The number of halogens is 1. The van der Waals surface area contributed by atoms with Crippen molar-refractivity contribution in [2.24, 2.45) is 4.99 Å². The summed E-state index contributed by atoms with van der Waals surface area (Å²) in [5.74, 6) is 1.59. The molecule has 126 valence electrons. The van der Waals surface area contributed by atoms with E-state index >= 15 is 0 Å². The van der Waals surface area contributed by atoms with Gasteiger partial charge < -0.3 is 5.32 Å². The minimum Gasteiger partial charge on any atom is -0.371 e. The third-order valence-electron chi connectivity index (χ3n) is 3.91. The van der Waals surface area contributed by atoms with Gasteiger partial charge in [-0.3, -0.25) is 14.4 Å². The average molecular weight is 371 g/mol. The number of aromatic nitrogens is 2. The molecule has 2 aromatic carbocycles. The summed E-state index contributed by atoms with van der Waals surface area (Å²) < 4.78 is 1.64. The van der Waals surface area contributed by atoms with Gasteiger partial charge in [-0.1, -0.05) is 35.5 Å². The maximum absolute atomic E-state index is 13.1. The number of nitrogens with zero attached hydrogens (tertiary/aromatic N) is 3. The van der Waals surface area contributed by atoms with Crippen molar-refractivity contribution < 1.29 is 0 Å². The Labute approximate surface area is 153 Å². The van der Waals surface area contributed by atoms with Gasteiger partial charge in [-0.15, -0.1) is 0 Å². The molecule has 1 aliphatic heterocycles. The summed E-state index contributed by atoms with van der Waals surface area (Å²) in [6, 6.07) is 14.6. The molecule has 1 N–H and O–H groups in total. The number of benzene rings is 2. The van der Waals surface area contributed by atoms with Gasteiger partial charge in [-0.2, -0.15) is 0 Å². The average Bonchev–Trinajstić information content (AvgIpc) is 3.15. The highest BCUT2D eigenvalue weighted by atomic mass is 35.5. The van der Waals surface area contributed by atoms with E-state index in [1.807, 2.05) is 30.3 Å². The van der Waals surface area contributed by atoms with Gasteiger partial charge in [0.15, 0.2) is 5.16 Å². The fourth-order valence-corrected chi connectivity index (χ4v) is 3.77. The van der Waals surface area contributed by atoms with Gasteiger partial charge in [-0.25, -0.2) is 4.98 Å². The Morgan fingerprint density at radius 3 is 2.72 bits per heavy atom. The van der Waals surface area contributed by atoms with Crippen LogP contribution in [-0.4, -0.2) is 34.2 Å². The second-order valence-corrected chi connectivity index (χ2v) is 6.95. The third-order valence-corrected chi connectivity index (χ3v) is 5.11. The largest absolute Gasteiger partial charge is 0.371 e. The van der Waals surface area contributed by atoms with Crippen LogP contribution in [0, 0.1) is 0 Å². The van der Waals surface area contributed by atoms with E-state index in [1.54, 1.807) is 22.8 Å². The van der Waals surface area contributed by atoms with Gasteiger partial charge in [0.1, 0.15) is 5.84 Å². The summed E-state index contributed by atoms with van der Waals surface area (Å²) in [6.45, 7) is 1.66. The molecule has 1 aromatic heterocycles. The first-order valence-electron chi connectivity index (χ1n) is 7.90. The zero-order chi connectivity index (χ0) is 17.2. The minimum absolute atomic E-state index is 0.0863. The van der Waals surface area contributed by atoms with E-state index in [1.165, 1.54) is 11.8 Å². The number of rotatable bonds is 4. The molecule has 4 rings (SSSR count). The van der Waals surface area contributed by atoms with Crippen LogP contribution in [0.4, 0.5) is 0 Å². The van der Waals surface area contributed by atoms with Crippen molar-refractivity contribution in [1.29, 1.82) is 0 Å². The van der Waals surface area contributed by atoms with Crippen molar-refractivity contribution in [3.05, 3.63) is 63.9 Å². The van der Waals surface area contributed by atoms with Crippen LogP contribution in [-0.2, 0) is 0 Å². The van der Waals surface area contributed by atoms with Crippen LogP contribution in [0.2, 0.25) is 5.02 Å². The number of nitrogens with one attached hydrogen (secondary N) is 1. The molecule has 0 spiro atoms. The molecule has 3 aromatic rings. The normalized spacial score (nSPS) is 13.7. The highest BCUT2D eigenvalue weighted by Crippen LogP contribution is 2.22. The van der Waals surface area contributed by atoms with Crippen LogP contribution in [0.5, 0.6) is 0 Å². The van der Waals surface area contributed by atoms with E-state index in [2.05, 4.69) is 10.3 Å². The lowest BCUT2D eigenvalue weighted by Crippen LogP contribution is -2.24. The van der Waals surface area contributed by atoms with Crippen LogP contribution in [0.25, 0.3) is 16.6 Å². The fraction of sp³-hybridized carbons (Fsp3) is 0.167. The topological polar surface area (TPSA) is 59.3 Å². The minimum atomic E-state index is -0.0863. The Balaban J connectivity index is 1.84. The second-order valence-electron chi connectivity index (χ2n) is 5.57. The lowest BCUT2D eigenvalue weighted by Gasteiger charge is -2.13. The maximum atomic E-state index is 13.1. The van der Waals surface area contributed by atoms with Crippen molar-refractivity contribution in [3.63, 3.8) is 0 Å². The van der Waals surface area contributed by atoms with E-state index in [0.717, 1.165) is 24.6 Å². The Morgan fingerprint density at radius 2 is 1.96 bits per heavy atom. The van der Waals surface area contributed by atoms with Crippen molar-refractivity contribution >= 4 is 40.1 Å². The summed E-state index contributed by atoms with van der Waals surface area (Å²) in [6.07, 6.45) is 0. The smallest absolute Gasteiger partial charge is 0.266 e. The number of aliphatic imine (C=N–C) groups is 1. The Hall–Kier alpha value is -2.31. The second kappa shape index (κ2) is 6.90. The molecule has 0 unspecified atom stereocenters. The predicted molar refractivity (Wildman–Crippen MR) is 103 cm³/mol. The molecule has 0 amide bonds. The van der Waals surface area contributed by atoms with Crippen LogP contribution < -0.4 is 10.9 Å². The maximum Gasteiger partial charge on any atom is 0.266 e. The molecule has 5 nitrogen and oxygen atoms in total. The summed E-state index contributed by atoms with van der Waals surface area (Å²) in [5, 5.41) is 5.11. The van der Waals surface area contributed by atoms with Crippen LogP contribution in [0.3, 0.4) is 0 Å². The van der Waals surface area contributed by atoms with Crippen molar-refractivity contribution in [2.45, 2.75) is 5.16 Å². The fourth-order valence-electron chi connectivity index (χ4n) is 2.70. The molecule has 0 saturated heterocycles. The first-order valence-corrected chi connectivity index (χ1v) is 9.26. The van der Waals surface area contributed by atoms with Crippen LogP contribution >= 0.6 is 23.4 Å². The van der Waals surface area contributed by atoms with Crippen LogP contribution in [0.1, 0.15) is 0 Å². The summed E-state index contributed by atoms with van der Waals surface area (Å²) >= 11 is 7.49. The van der Waals surface area contributed by atoms with Crippen molar-refractivity contribution in [2.75, 3.05) is 18.8 Å². The number of hydrogen-bond acceptors (Lipinski definition) is 5.